The minimum Gasteiger partial charge on any atom is -0.297 e. The molecule has 0 aromatic heterocycles. The van der Waals surface area contributed by atoms with Crippen molar-refractivity contribution >= 4 is 5.78 Å². The maximum Gasteiger partial charge on any atom is 0.164 e. The van der Waals surface area contributed by atoms with Gasteiger partial charge in [0.2, 0.25) is 0 Å². The van der Waals surface area contributed by atoms with Gasteiger partial charge in [-0.05, 0) is 19.3 Å². The first-order valence-electron chi connectivity index (χ1n) is 3.17. The van der Waals surface area contributed by atoms with E-state index in [0.29, 0.717) is 12.8 Å². The van der Waals surface area contributed by atoms with Gasteiger partial charge in [-0.1, -0.05) is 0 Å². The summed E-state index contributed by atoms with van der Waals surface area (Å²) in [4.78, 5) is 14.7. The van der Waals surface area contributed by atoms with Gasteiger partial charge >= 0.3 is 0 Å². The molecule has 0 bridgehead atoms. The highest BCUT2D eigenvalue weighted by Crippen LogP contribution is 2.15. The summed E-state index contributed by atoms with van der Waals surface area (Å²) in [5, 5.41) is 8.14. The standard InChI is InChI=1S/C6H10O3/c7-5-3-1-2-4-6(5)9-8/h6,8H,1-4H2. The highest BCUT2D eigenvalue weighted by molar-refractivity contribution is 5.83. The summed E-state index contributed by atoms with van der Waals surface area (Å²) in [7, 11) is 0. The first kappa shape index (κ1) is 6.71. The van der Waals surface area contributed by atoms with Crippen LogP contribution in [0.1, 0.15) is 25.7 Å². The van der Waals surface area contributed by atoms with E-state index < -0.39 is 6.10 Å². The topological polar surface area (TPSA) is 46.5 Å². The molecule has 1 atom stereocenters. The predicted molar refractivity (Wildman–Crippen MR) is 31.0 cm³/mol. The minimum absolute atomic E-state index is 0.0313. The highest BCUT2D eigenvalue weighted by Gasteiger charge is 2.22. The zero-order chi connectivity index (χ0) is 6.69. The maximum absolute atomic E-state index is 10.7. The lowest BCUT2D eigenvalue weighted by molar-refractivity contribution is -0.273. The van der Waals surface area contributed by atoms with Crippen molar-refractivity contribution in [2.24, 2.45) is 0 Å². The van der Waals surface area contributed by atoms with E-state index in [4.69, 9.17) is 5.26 Å². The summed E-state index contributed by atoms with van der Waals surface area (Å²) in [5.74, 6) is 0.0313. The van der Waals surface area contributed by atoms with E-state index in [1.165, 1.54) is 0 Å². The summed E-state index contributed by atoms with van der Waals surface area (Å²) >= 11 is 0. The van der Waals surface area contributed by atoms with Gasteiger partial charge in [0.25, 0.3) is 0 Å². The molecule has 0 aromatic rings. The monoisotopic (exact) mass is 130 g/mol. The van der Waals surface area contributed by atoms with Crippen LogP contribution < -0.4 is 0 Å². The van der Waals surface area contributed by atoms with Gasteiger partial charge < -0.3 is 0 Å². The Hall–Kier alpha value is -0.410. The Bertz CT molecular complexity index is 111. The Balaban J connectivity index is 2.39. The average molecular weight is 130 g/mol. The van der Waals surface area contributed by atoms with E-state index in [2.05, 4.69) is 4.89 Å². The molecule has 1 saturated carbocycles. The van der Waals surface area contributed by atoms with Crippen LogP contribution in [0.4, 0.5) is 0 Å². The molecule has 0 amide bonds. The lowest BCUT2D eigenvalue weighted by Gasteiger charge is -2.16. The van der Waals surface area contributed by atoms with Crippen LogP contribution in [0.15, 0.2) is 0 Å². The fraction of sp³-hybridized carbons (Fsp3) is 0.833. The average Bonchev–Trinajstić information content (AvgIpc) is 1.89. The summed E-state index contributed by atoms with van der Waals surface area (Å²) in [5.41, 5.74) is 0. The fourth-order valence-corrected chi connectivity index (χ4v) is 1.06. The van der Waals surface area contributed by atoms with Gasteiger partial charge in [-0.3, -0.25) is 10.1 Å². The van der Waals surface area contributed by atoms with E-state index in [1.807, 2.05) is 0 Å². The highest BCUT2D eigenvalue weighted by atomic mass is 17.1. The smallest absolute Gasteiger partial charge is 0.164 e. The van der Waals surface area contributed by atoms with Crippen molar-refractivity contribution in [3.05, 3.63) is 0 Å². The van der Waals surface area contributed by atoms with Gasteiger partial charge in [-0.15, -0.1) is 0 Å². The molecular weight excluding hydrogens is 120 g/mol. The Morgan fingerprint density at radius 2 is 2.33 bits per heavy atom. The van der Waals surface area contributed by atoms with Gasteiger partial charge in [0, 0.05) is 6.42 Å². The van der Waals surface area contributed by atoms with E-state index in [0.717, 1.165) is 12.8 Å². The van der Waals surface area contributed by atoms with E-state index in [9.17, 15) is 4.79 Å². The van der Waals surface area contributed by atoms with Gasteiger partial charge in [-0.25, -0.2) is 4.89 Å². The number of hydrogen-bond acceptors (Lipinski definition) is 3. The van der Waals surface area contributed by atoms with Crippen molar-refractivity contribution in [2.75, 3.05) is 0 Å². The third-order valence-corrected chi connectivity index (χ3v) is 1.63. The number of carbonyl (C=O) groups is 1. The van der Waals surface area contributed by atoms with Crippen LogP contribution in [0.2, 0.25) is 0 Å². The molecule has 1 aliphatic rings. The van der Waals surface area contributed by atoms with Crippen molar-refractivity contribution in [3.63, 3.8) is 0 Å². The molecule has 0 heterocycles. The van der Waals surface area contributed by atoms with Crippen molar-refractivity contribution in [2.45, 2.75) is 31.8 Å². The van der Waals surface area contributed by atoms with E-state index in [1.54, 1.807) is 0 Å². The molecule has 1 fully saturated rings. The predicted octanol–water partition coefficient (Wildman–Crippen LogP) is 0.988. The Morgan fingerprint density at radius 1 is 1.56 bits per heavy atom. The second-order valence-electron chi connectivity index (χ2n) is 2.31. The maximum atomic E-state index is 10.7. The molecule has 0 spiro atoms. The fourth-order valence-electron chi connectivity index (χ4n) is 1.06. The normalized spacial score (nSPS) is 28.6. The molecule has 9 heavy (non-hydrogen) atoms. The van der Waals surface area contributed by atoms with Crippen molar-refractivity contribution < 1.29 is 14.9 Å². The molecule has 3 heteroatoms. The van der Waals surface area contributed by atoms with E-state index in [-0.39, 0.29) is 5.78 Å². The molecule has 0 saturated heterocycles. The van der Waals surface area contributed by atoms with Crippen LogP contribution in [0.25, 0.3) is 0 Å². The Morgan fingerprint density at radius 3 is 2.78 bits per heavy atom. The van der Waals surface area contributed by atoms with Crippen LogP contribution >= 0.6 is 0 Å². The number of hydrogen-bond donors (Lipinski definition) is 1. The molecule has 52 valence electrons. The van der Waals surface area contributed by atoms with Crippen LogP contribution in [0.3, 0.4) is 0 Å². The number of rotatable bonds is 1. The quantitative estimate of drug-likeness (QED) is 0.425. The van der Waals surface area contributed by atoms with E-state index >= 15 is 0 Å². The Kier molecular flexibility index (Phi) is 2.19. The van der Waals surface area contributed by atoms with Crippen LogP contribution in [0.5, 0.6) is 0 Å². The van der Waals surface area contributed by atoms with Crippen LogP contribution in [-0.4, -0.2) is 17.1 Å². The first-order chi connectivity index (χ1) is 4.34. The third kappa shape index (κ3) is 1.50. The van der Waals surface area contributed by atoms with Crippen molar-refractivity contribution in [3.8, 4) is 0 Å². The summed E-state index contributed by atoms with van der Waals surface area (Å²) < 4.78 is 0. The summed E-state index contributed by atoms with van der Waals surface area (Å²) in [6.45, 7) is 0. The third-order valence-electron chi connectivity index (χ3n) is 1.63. The molecule has 1 N–H and O–H groups in total. The molecule has 3 nitrogen and oxygen atoms in total. The lowest BCUT2D eigenvalue weighted by Crippen LogP contribution is -2.26. The summed E-state index contributed by atoms with van der Waals surface area (Å²) in [6, 6.07) is 0. The van der Waals surface area contributed by atoms with Crippen LogP contribution in [-0.2, 0) is 9.68 Å². The van der Waals surface area contributed by atoms with Crippen LogP contribution in [0, 0.1) is 0 Å². The van der Waals surface area contributed by atoms with Gasteiger partial charge in [-0.2, -0.15) is 0 Å². The minimum atomic E-state index is -0.529. The summed E-state index contributed by atoms with van der Waals surface area (Å²) in [6.07, 6.45) is 2.63. The zero-order valence-corrected chi connectivity index (χ0v) is 5.17. The molecule has 1 rings (SSSR count). The molecular formula is C6H10O3. The molecule has 0 aliphatic heterocycles. The van der Waals surface area contributed by atoms with Gasteiger partial charge in [0.15, 0.2) is 11.9 Å². The number of Topliss-reactive ketones (excluding diaryl/α,β-unsaturated/α-hetero) is 1. The second kappa shape index (κ2) is 2.94. The number of ketones is 1. The van der Waals surface area contributed by atoms with Crippen molar-refractivity contribution in [1.29, 1.82) is 0 Å². The zero-order valence-electron chi connectivity index (χ0n) is 5.17. The SMILES string of the molecule is O=C1CCCCC1OO. The molecule has 1 aliphatic carbocycles. The lowest BCUT2D eigenvalue weighted by atomic mass is 9.97. The second-order valence-corrected chi connectivity index (χ2v) is 2.31. The van der Waals surface area contributed by atoms with Crippen molar-refractivity contribution in [1.82, 2.24) is 0 Å². The van der Waals surface area contributed by atoms with Gasteiger partial charge in [0.1, 0.15) is 0 Å². The van der Waals surface area contributed by atoms with Gasteiger partial charge in [0.05, 0.1) is 0 Å². The largest absolute Gasteiger partial charge is 0.297 e. The Labute approximate surface area is 53.6 Å². The molecule has 0 radical (unpaired) electrons. The molecule has 0 aromatic carbocycles. The first-order valence-corrected chi connectivity index (χ1v) is 3.17. The number of carbonyl (C=O) groups excluding carboxylic acids is 1. The molecule has 1 unspecified atom stereocenters.